The van der Waals surface area contributed by atoms with E-state index in [0.29, 0.717) is 0 Å². The summed E-state index contributed by atoms with van der Waals surface area (Å²) in [6.45, 7) is 0. The number of rotatable bonds is 1. The molecule has 0 fully saturated rings. The topological polar surface area (TPSA) is 4.93 Å². The maximum Gasteiger partial charge on any atom is 0.0736 e. The Bertz CT molecular complexity index is 3040. The normalized spacial score (nSPS) is 14.1. The largest absolute Gasteiger partial charge is 0.309 e. The van der Waals surface area contributed by atoms with Crippen LogP contribution in [0.2, 0.25) is 0 Å². The Morgan fingerprint density at radius 1 is 0.420 bits per heavy atom. The molecule has 1 spiro atoms. The fourth-order valence-corrected chi connectivity index (χ4v) is 11.6. The van der Waals surface area contributed by atoms with Crippen molar-refractivity contribution >= 4 is 75.8 Å². The van der Waals surface area contributed by atoms with Crippen LogP contribution >= 0.6 is 23.1 Å². The van der Waals surface area contributed by atoms with Gasteiger partial charge in [0, 0.05) is 46.4 Å². The van der Waals surface area contributed by atoms with Crippen molar-refractivity contribution in [1.29, 1.82) is 0 Å². The smallest absolute Gasteiger partial charge is 0.0736 e. The van der Waals surface area contributed by atoms with Crippen molar-refractivity contribution in [2.45, 2.75) is 15.2 Å². The van der Waals surface area contributed by atoms with Crippen molar-refractivity contribution in [3.63, 3.8) is 0 Å². The number of nitrogens with zero attached hydrogens (tertiary/aromatic N) is 1. The van der Waals surface area contributed by atoms with E-state index in [1.807, 2.05) is 23.1 Å². The molecule has 8 aromatic carbocycles. The van der Waals surface area contributed by atoms with E-state index in [1.54, 1.807) is 0 Å². The zero-order valence-corrected chi connectivity index (χ0v) is 28.5. The van der Waals surface area contributed by atoms with E-state index in [1.165, 1.54) is 102 Å². The monoisotopic (exact) mass is 669 g/mol. The molecule has 0 saturated carbocycles. The van der Waals surface area contributed by atoms with Crippen LogP contribution < -0.4 is 0 Å². The van der Waals surface area contributed by atoms with E-state index in [4.69, 9.17) is 0 Å². The summed E-state index contributed by atoms with van der Waals surface area (Å²) >= 11 is 3.80. The Balaban J connectivity index is 1.26. The van der Waals surface area contributed by atoms with Crippen LogP contribution in [-0.2, 0) is 5.41 Å². The minimum atomic E-state index is -0.421. The third-order valence-corrected chi connectivity index (χ3v) is 13.5. The van der Waals surface area contributed by atoms with Gasteiger partial charge < -0.3 is 4.57 Å². The predicted octanol–water partition coefficient (Wildman–Crippen LogP) is 13.1. The van der Waals surface area contributed by atoms with Crippen LogP contribution in [-0.4, -0.2) is 4.57 Å². The number of thiophene rings is 1. The Morgan fingerprint density at radius 3 is 1.94 bits per heavy atom. The lowest BCUT2D eigenvalue weighted by atomic mass is 9.67. The fraction of sp³-hybridized carbons (Fsp3) is 0.0213. The summed E-state index contributed by atoms with van der Waals surface area (Å²) in [6.07, 6.45) is 0. The highest BCUT2D eigenvalue weighted by Gasteiger charge is 2.50. The zero-order chi connectivity index (χ0) is 32.6. The van der Waals surface area contributed by atoms with E-state index >= 15 is 0 Å². The van der Waals surface area contributed by atoms with Gasteiger partial charge in [-0.15, -0.1) is 11.3 Å². The fourth-order valence-electron chi connectivity index (χ4n) is 9.27. The highest BCUT2D eigenvalue weighted by atomic mass is 32.2. The molecule has 0 radical (unpaired) electrons. The van der Waals surface area contributed by atoms with Crippen LogP contribution in [0, 0.1) is 0 Å². The van der Waals surface area contributed by atoms with Crippen molar-refractivity contribution < 1.29 is 0 Å². The minimum Gasteiger partial charge on any atom is -0.309 e. The standard InChI is InChI=1S/C47H27NS2/c1-2-12-30-28(11-1)21-23-40-46(30)35-26-45-39(27-41(35)48(40)29-22-24-43-34(25-29)33-15-5-9-19-42(33)49-43)47(38-18-8-10-20-44(38)50-45)36-16-6-3-13-31(36)32-14-4-7-17-37(32)47/h1-27H. The highest BCUT2D eigenvalue weighted by molar-refractivity contribution is 7.99. The van der Waals surface area contributed by atoms with E-state index in [9.17, 15) is 0 Å². The molecular weight excluding hydrogens is 643 g/mol. The van der Waals surface area contributed by atoms with Gasteiger partial charge in [0.25, 0.3) is 0 Å². The van der Waals surface area contributed by atoms with Crippen LogP contribution in [0.1, 0.15) is 22.3 Å². The van der Waals surface area contributed by atoms with Gasteiger partial charge >= 0.3 is 0 Å². The van der Waals surface area contributed by atoms with Gasteiger partial charge in [-0.25, -0.2) is 0 Å². The highest BCUT2D eigenvalue weighted by Crippen LogP contribution is 2.62. The van der Waals surface area contributed by atoms with E-state index in [-0.39, 0.29) is 0 Å². The lowest BCUT2D eigenvalue weighted by molar-refractivity contribution is 0.724. The quantitative estimate of drug-likeness (QED) is 0.168. The first-order valence-electron chi connectivity index (χ1n) is 17.2. The molecule has 232 valence electrons. The summed E-state index contributed by atoms with van der Waals surface area (Å²) in [5, 5.41) is 7.82. The molecule has 3 heteroatoms. The molecule has 1 aliphatic carbocycles. The molecule has 12 rings (SSSR count). The Labute approximate surface area is 297 Å². The predicted molar refractivity (Wildman–Crippen MR) is 213 cm³/mol. The Morgan fingerprint density at radius 2 is 1.10 bits per heavy atom. The van der Waals surface area contributed by atoms with Crippen molar-refractivity contribution in [2.75, 3.05) is 0 Å². The molecule has 1 aliphatic heterocycles. The van der Waals surface area contributed by atoms with Crippen LogP contribution in [0.5, 0.6) is 0 Å². The van der Waals surface area contributed by atoms with Gasteiger partial charge in [-0.2, -0.15) is 0 Å². The molecule has 0 saturated heterocycles. The van der Waals surface area contributed by atoms with Gasteiger partial charge in [0.2, 0.25) is 0 Å². The molecule has 2 aliphatic rings. The molecule has 0 atom stereocenters. The van der Waals surface area contributed by atoms with Crippen molar-refractivity contribution in [3.8, 4) is 16.8 Å². The Kier molecular flexibility index (Phi) is 5.32. The van der Waals surface area contributed by atoms with Crippen molar-refractivity contribution in [2.24, 2.45) is 0 Å². The molecule has 0 N–H and O–H groups in total. The van der Waals surface area contributed by atoms with Gasteiger partial charge in [0.15, 0.2) is 0 Å². The third-order valence-electron chi connectivity index (χ3n) is 11.2. The second kappa shape index (κ2) is 9.76. The average Bonchev–Trinajstić information content (AvgIpc) is 3.81. The number of fused-ring (bicyclic) bond motifs is 17. The molecule has 0 unspecified atom stereocenters. The second-order valence-electron chi connectivity index (χ2n) is 13.6. The van der Waals surface area contributed by atoms with Gasteiger partial charge in [0.1, 0.15) is 0 Å². The number of hydrogen-bond donors (Lipinski definition) is 0. The summed E-state index contributed by atoms with van der Waals surface area (Å²) in [7, 11) is 0. The minimum absolute atomic E-state index is 0.421. The summed E-state index contributed by atoms with van der Waals surface area (Å²) in [6, 6.07) is 61.7. The number of benzene rings is 8. The van der Waals surface area contributed by atoms with Gasteiger partial charge in [-0.3, -0.25) is 0 Å². The van der Waals surface area contributed by atoms with Gasteiger partial charge in [0.05, 0.1) is 16.4 Å². The van der Waals surface area contributed by atoms with Crippen molar-refractivity contribution in [3.05, 3.63) is 186 Å². The molecule has 3 heterocycles. The summed E-state index contributed by atoms with van der Waals surface area (Å²) in [5.74, 6) is 0. The first kappa shape index (κ1) is 27.2. The molecule has 1 nitrogen and oxygen atoms in total. The lowest BCUT2D eigenvalue weighted by Crippen LogP contribution is -2.32. The molecular formula is C47H27NS2. The summed E-state index contributed by atoms with van der Waals surface area (Å²) in [5.41, 5.74) is 11.4. The molecule has 50 heavy (non-hydrogen) atoms. The van der Waals surface area contributed by atoms with Gasteiger partial charge in [-0.05, 0) is 92.7 Å². The second-order valence-corrected chi connectivity index (χ2v) is 15.8. The maximum absolute atomic E-state index is 2.55. The van der Waals surface area contributed by atoms with E-state index in [0.717, 1.165) is 0 Å². The van der Waals surface area contributed by atoms with E-state index in [2.05, 4.69) is 168 Å². The average molecular weight is 670 g/mol. The zero-order valence-electron chi connectivity index (χ0n) is 26.9. The number of aromatic nitrogens is 1. The number of hydrogen-bond acceptors (Lipinski definition) is 2. The van der Waals surface area contributed by atoms with Crippen LogP contribution in [0.4, 0.5) is 0 Å². The first-order chi connectivity index (χ1) is 24.8. The third kappa shape index (κ3) is 3.34. The first-order valence-corrected chi connectivity index (χ1v) is 18.8. The lowest BCUT2D eigenvalue weighted by Gasteiger charge is -2.39. The molecule has 10 aromatic rings. The van der Waals surface area contributed by atoms with Crippen LogP contribution in [0.25, 0.3) is 69.6 Å². The molecule has 0 bridgehead atoms. The van der Waals surface area contributed by atoms with Crippen LogP contribution in [0.15, 0.2) is 174 Å². The van der Waals surface area contributed by atoms with Crippen molar-refractivity contribution in [1.82, 2.24) is 4.57 Å². The molecule has 0 amide bonds. The van der Waals surface area contributed by atoms with Crippen LogP contribution in [0.3, 0.4) is 0 Å². The van der Waals surface area contributed by atoms with E-state index < -0.39 is 5.41 Å². The maximum atomic E-state index is 2.55. The summed E-state index contributed by atoms with van der Waals surface area (Å²) < 4.78 is 5.19. The summed E-state index contributed by atoms with van der Waals surface area (Å²) in [4.78, 5) is 2.66. The van der Waals surface area contributed by atoms with Gasteiger partial charge in [-0.1, -0.05) is 127 Å². The SMILES string of the molecule is c1ccc2c(c1)Sc1cc3c4c5ccccc5ccc4n(-c4ccc5sc6ccccc6c5c4)c3cc1C21c2ccccc2-c2ccccc21. The molecule has 2 aromatic heterocycles. The Hall–Kier alpha value is -5.61.